The van der Waals surface area contributed by atoms with Crippen LogP contribution in [0.1, 0.15) is 46.0 Å². The van der Waals surface area contributed by atoms with Crippen LogP contribution in [0.25, 0.3) is 0 Å². The van der Waals surface area contributed by atoms with Crippen molar-refractivity contribution < 1.29 is 10.2 Å². The van der Waals surface area contributed by atoms with E-state index in [1.54, 1.807) is 0 Å². The number of aliphatic hydroxyl groups is 2. The van der Waals surface area contributed by atoms with Crippen LogP contribution in [0.15, 0.2) is 0 Å². The molecular formula is C12H27NO2. The molecule has 0 spiro atoms. The molecule has 1 atom stereocenters. The fourth-order valence-corrected chi connectivity index (χ4v) is 1.61. The van der Waals surface area contributed by atoms with E-state index in [0.29, 0.717) is 19.1 Å². The summed E-state index contributed by atoms with van der Waals surface area (Å²) in [6, 6.07) is 0. The molecule has 0 saturated heterocycles. The largest absolute Gasteiger partial charge is 0.396 e. The molecule has 15 heavy (non-hydrogen) atoms. The number of hydrogen-bond donors (Lipinski definition) is 3. The molecule has 0 heterocycles. The first kappa shape index (κ1) is 14.9. The van der Waals surface area contributed by atoms with Gasteiger partial charge < -0.3 is 15.5 Å². The Morgan fingerprint density at radius 2 is 1.73 bits per heavy atom. The molecule has 0 aliphatic heterocycles. The van der Waals surface area contributed by atoms with Crippen molar-refractivity contribution in [1.82, 2.24) is 5.32 Å². The van der Waals surface area contributed by atoms with E-state index in [1.165, 1.54) is 0 Å². The van der Waals surface area contributed by atoms with Crippen molar-refractivity contribution in [2.24, 2.45) is 5.92 Å². The molecule has 92 valence electrons. The second-order valence-corrected chi connectivity index (χ2v) is 4.63. The summed E-state index contributed by atoms with van der Waals surface area (Å²) >= 11 is 0. The summed E-state index contributed by atoms with van der Waals surface area (Å²) in [5.41, 5.74) is 0. The molecule has 0 radical (unpaired) electrons. The molecule has 3 heteroatoms. The van der Waals surface area contributed by atoms with Crippen LogP contribution >= 0.6 is 0 Å². The van der Waals surface area contributed by atoms with E-state index < -0.39 is 0 Å². The van der Waals surface area contributed by atoms with Gasteiger partial charge in [-0.2, -0.15) is 0 Å². The zero-order valence-electron chi connectivity index (χ0n) is 10.2. The Labute approximate surface area is 93.9 Å². The lowest BCUT2D eigenvalue weighted by molar-refractivity contribution is 0.146. The summed E-state index contributed by atoms with van der Waals surface area (Å²) in [7, 11) is 0. The van der Waals surface area contributed by atoms with Crippen LogP contribution in [-0.2, 0) is 0 Å². The highest BCUT2D eigenvalue weighted by Crippen LogP contribution is 2.03. The van der Waals surface area contributed by atoms with Gasteiger partial charge in [0.2, 0.25) is 0 Å². The average Bonchev–Trinajstić information content (AvgIpc) is 2.15. The highest BCUT2D eigenvalue weighted by Gasteiger charge is 2.05. The predicted octanol–water partition coefficient (Wildman–Crippen LogP) is 1.54. The molecule has 0 aromatic heterocycles. The second kappa shape index (κ2) is 10.4. The van der Waals surface area contributed by atoms with Gasteiger partial charge >= 0.3 is 0 Å². The summed E-state index contributed by atoms with van der Waals surface area (Å²) < 4.78 is 0. The first-order valence-electron chi connectivity index (χ1n) is 6.16. The molecule has 0 amide bonds. The molecule has 0 aromatic carbocycles. The van der Waals surface area contributed by atoms with E-state index in [9.17, 15) is 5.11 Å². The number of rotatable bonds is 10. The summed E-state index contributed by atoms with van der Waals surface area (Å²) in [5, 5.41) is 21.4. The maximum atomic E-state index is 9.56. The van der Waals surface area contributed by atoms with E-state index in [2.05, 4.69) is 19.2 Å². The lowest BCUT2D eigenvalue weighted by atomic mass is 10.1. The van der Waals surface area contributed by atoms with Crippen molar-refractivity contribution in [2.75, 3.05) is 19.7 Å². The van der Waals surface area contributed by atoms with Crippen LogP contribution in [0.3, 0.4) is 0 Å². The van der Waals surface area contributed by atoms with Crippen LogP contribution in [0.2, 0.25) is 0 Å². The molecule has 3 nitrogen and oxygen atoms in total. The third-order valence-electron chi connectivity index (χ3n) is 2.39. The third-order valence-corrected chi connectivity index (χ3v) is 2.39. The number of aliphatic hydroxyl groups excluding tert-OH is 2. The normalized spacial score (nSPS) is 13.4. The van der Waals surface area contributed by atoms with Gasteiger partial charge in [-0.3, -0.25) is 0 Å². The number of nitrogens with one attached hydrogen (secondary N) is 1. The molecular weight excluding hydrogens is 190 g/mol. The SMILES string of the molecule is CC(C)CC(O)CNCCCCCCO. The van der Waals surface area contributed by atoms with Crippen molar-refractivity contribution in [3.05, 3.63) is 0 Å². The number of unbranched alkanes of at least 4 members (excludes halogenated alkanes) is 3. The van der Waals surface area contributed by atoms with Crippen molar-refractivity contribution >= 4 is 0 Å². The van der Waals surface area contributed by atoms with Gasteiger partial charge in [0, 0.05) is 13.2 Å². The predicted molar refractivity (Wildman–Crippen MR) is 63.9 cm³/mol. The smallest absolute Gasteiger partial charge is 0.0667 e. The summed E-state index contributed by atoms with van der Waals surface area (Å²) in [4.78, 5) is 0. The zero-order valence-corrected chi connectivity index (χ0v) is 10.2. The number of hydrogen-bond acceptors (Lipinski definition) is 3. The lowest BCUT2D eigenvalue weighted by Crippen LogP contribution is -2.28. The molecule has 0 rings (SSSR count). The van der Waals surface area contributed by atoms with E-state index >= 15 is 0 Å². The summed E-state index contributed by atoms with van der Waals surface area (Å²) in [5.74, 6) is 0.561. The quantitative estimate of drug-likeness (QED) is 0.486. The molecule has 0 aromatic rings. The third kappa shape index (κ3) is 11.8. The van der Waals surface area contributed by atoms with Crippen LogP contribution in [0.5, 0.6) is 0 Å². The van der Waals surface area contributed by atoms with Crippen LogP contribution in [-0.4, -0.2) is 36.0 Å². The van der Waals surface area contributed by atoms with Gasteiger partial charge in [0.15, 0.2) is 0 Å². The van der Waals surface area contributed by atoms with Crippen LogP contribution in [0.4, 0.5) is 0 Å². The fourth-order valence-electron chi connectivity index (χ4n) is 1.61. The van der Waals surface area contributed by atoms with Crippen molar-refractivity contribution in [2.45, 2.75) is 52.1 Å². The Balaban J connectivity index is 3.09. The molecule has 0 fully saturated rings. The molecule has 0 aliphatic carbocycles. The Morgan fingerprint density at radius 1 is 1.07 bits per heavy atom. The maximum Gasteiger partial charge on any atom is 0.0667 e. The fraction of sp³-hybridized carbons (Fsp3) is 1.00. The second-order valence-electron chi connectivity index (χ2n) is 4.63. The molecule has 0 saturated carbocycles. The molecule has 0 bridgehead atoms. The van der Waals surface area contributed by atoms with Gasteiger partial charge in [-0.15, -0.1) is 0 Å². The van der Waals surface area contributed by atoms with E-state index in [4.69, 9.17) is 5.11 Å². The lowest BCUT2D eigenvalue weighted by Gasteiger charge is -2.13. The van der Waals surface area contributed by atoms with Gasteiger partial charge in [0.05, 0.1) is 6.10 Å². The first-order valence-corrected chi connectivity index (χ1v) is 6.16. The summed E-state index contributed by atoms with van der Waals surface area (Å²) in [6.07, 6.45) is 4.98. The standard InChI is InChI=1S/C12H27NO2/c1-11(2)9-12(15)10-13-7-5-3-4-6-8-14/h11-15H,3-10H2,1-2H3. The topological polar surface area (TPSA) is 52.5 Å². The Bertz CT molecular complexity index is 129. The zero-order chi connectivity index (χ0) is 11.5. The Morgan fingerprint density at radius 3 is 2.33 bits per heavy atom. The van der Waals surface area contributed by atoms with E-state index in [-0.39, 0.29) is 6.10 Å². The van der Waals surface area contributed by atoms with Gasteiger partial charge in [-0.25, -0.2) is 0 Å². The van der Waals surface area contributed by atoms with Crippen LogP contribution in [0, 0.1) is 5.92 Å². The minimum absolute atomic E-state index is 0.206. The minimum Gasteiger partial charge on any atom is -0.396 e. The summed E-state index contributed by atoms with van der Waals surface area (Å²) in [6.45, 7) is 6.23. The van der Waals surface area contributed by atoms with Crippen molar-refractivity contribution in [1.29, 1.82) is 0 Å². The molecule has 3 N–H and O–H groups in total. The molecule has 1 unspecified atom stereocenters. The van der Waals surface area contributed by atoms with Crippen molar-refractivity contribution in [3.63, 3.8) is 0 Å². The van der Waals surface area contributed by atoms with Gasteiger partial charge in [0.1, 0.15) is 0 Å². The van der Waals surface area contributed by atoms with E-state index in [0.717, 1.165) is 38.6 Å². The van der Waals surface area contributed by atoms with Gasteiger partial charge in [-0.05, 0) is 31.7 Å². The van der Waals surface area contributed by atoms with Gasteiger partial charge in [-0.1, -0.05) is 26.7 Å². The van der Waals surface area contributed by atoms with Crippen LogP contribution < -0.4 is 5.32 Å². The highest BCUT2D eigenvalue weighted by atomic mass is 16.3. The minimum atomic E-state index is -0.206. The molecule has 0 aliphatic rings. The maximum absolute atomic E-state index is 9.56. The van der Waals surface area contributed by atoms with E-state index in [1.807, 2.05) is 0 Å². The average molecular weight is 217 g/mol. The van der Waals surface area contributed by atoms with Crippen molar-refractivity contribution in [3.8, 4) is 0 Å². The van der Waals surface area contributed by atoms with Gasteiger partial charge in [0.25, 0.3) is 0 Å². The first-order chi connectivity index (χ1) is 7.16. The monoisotopic (exact) mass is 217 g/mol. The Kier molecular flexibility index (Phi) is 10.3. The highest BCUT2D eigenvalue weighted by molar-refractivity contribution is 4.61. The Hall–Kier alpha value is -0.120.